The molecule has 4 heterocycles. The monoisotopic (exact) mass is 724 g/mol. The number of fused-ring (bicyclic) bond motifs is 4. The minimum atomic E-state index is -0.588. The van der Waals surface area contributed by atoms with Crippen LogP contribution in [0.15, 0.2) is 42.5 Å². The predicted octanol–water partition coefficient (Wildman–Crippen LogP) is 8.71. The number of hydrogen-bond acceptors (Lipinski definition) is 4. The lowest BCUT2D eigenvalue weighted by Crippen LogP contribution is -2.43. The van der Waals surface area contributed by atoms with E-state index in [0.717, 1.165) is 77.3 Å². The van der Waals surface area contributed by atoms with E-state index in [1.807, 2.05) is 95.9 Å². The van der Waals surface area contributed by atoms with Gasteiger partial charge in [0.05, 0.1) is 34.0 Å². The number of ether oxygens (including phenoxy) is 1. The number of amides is 2. The maximum atomic E-state index is 15.1. The van der Waals surface area contributed by atoms with Gasteiger partial charge in [-0.05, 0) is 101 Å². The van der Waals surface area contributed by atoms with E-state index in [4.69, 9.17) is 38.8 Å². The van der Waals surface area contributed by atoms with Crippen LogP contribution in [0, 0.1) is 34.6 Å². The number of benzene rings is 3. The highest BCUT2D eigenvalue weighted by molar-refractivity contribution is 6.35. The third-order valence-electron chi connectivity index (χ3n) is 10.4. The van der Waals surface area contributed by atoms with Gasteiger partial charge in [0, 0.05) is 59.3 Å². The number of anilines is 1. The van der Waals surface area contributed by atoms with Crippen LogP contribution in [0.3, 0.4) is 0 Å². The Hall–Kier alpha value is -4.73. The van der Waals surface area contributed by atoms with Crippen molar-refractivity contribution >= 4 is 62.5 Å². The van der Waals surface area contributed by atoms with Gasteiger partial charge in [0.2, 0.25) is 0 Å². The summed E-state index contributed by atoms with van der Waals surface area (Å²) in [4.78, 5) is 30.0. The molecule has 0 saturated carbocycles. The molecule has 0 fully saturated rings. The van der Waals surface area contributed by atoms with Crippen molar-refractivity contribution in [3.05, 3.63) is 97.5 Å². The van der Waals surface area contributed by atoms with Gasteiger partial charge < -0.3 is 24.5 Å². The summed E-state index contributed by atoms with van der Waals surface area (Å²) in [6.07, 6.45) is 1.22. The molecule has 0 radical (unpaired) electrons. The zero-order chi connectivity index (χ0) is 36.6. The van der Waals surface area contributed by atoms with Crippen molar-refractivity contribution in [2.24, 2.45) is 19.8 Å². The maximum Gasteiger partial charge on any atom is 0.275 e. The Kier molecular flexibility index (Phi) is 8.71. The van der Waals surface area contributed by atoms with Crippen molar-refractivity contribution in [2.75, 3.05) is 18.1 Å². The molecule has 9 nitrogen and oxygen atoms in total. The highest BCUT2D eigenvalue weighted by atomic mass is 35.5. The topological polar surface area (TPSA) is 100 Å². The second-order valence-electron chi connectivity index (χ2n) is 13.9. The van der Waals surface area contributed by atoms with Crippen LogP contribution in [0.2, 0.25) is 10.0 Å². The summed E-state index contributed by atoms with van der Waals surface area (Å²) in [5.74, 6) is -0.0205. The van der Waals surface area contributed by atoms with Gasteiger partial charge in [0.1, 0.15) is 17.1 Å². The molecule has 11 heteroatoms. The Balaban J connectivity index is 1.41. The Morgan fingerprint density at radius 3 is 2.33 bits per heavy atom. The number of rotatable bonds is 8. The summed E-state index contributed by atoms with van der Waals surface area (Å²) in [7, 11) is 3.74. The van der Waals surface area contributed by atoms with Crippen LogP contribution >= 0.6 is 23.2 Å². The summed E-state index contributed by atoms with van der Waals surface area (Å²) >= 11 is 13.5. The van der Waals surface area contributed by atoms with E-state index in [1.54, 1.807) is 9.47 Å². The Morgan fingerprint density at radius 2 is 1.69 bits per heavy atom. The van der Waals surface area contributed by atoms with Crippen molar-refractivity contribution in [3.8, 4) is 16.9 Å². The number of hydrogen-bond donors (Lipinski definition) is 1. The molecule has 6 aromatic rings. The molecule has 1 atom stereocenters. The maximum absolute atomic E-state index is 15.1. The summed E-state index contributed by atoms with van der Waals surface area (Å²) in [5, 5.41) is 7.81. The van der Waals surface area contributed by atoms with Crippen LogP contribution in [-0.4, -0.2) is 43.9 Å². The van der Waals surface area contributed by atoms with Crippen molar-refractivity contribution in [3.63, 3.8) is 0 Å². The van der Waals surface area contributed by atoms with Crippen molar-refractivity contribution in [1.82, 2.24) is 18.9 Å². The zero-order valence-corrected chi connectivity index (χ0v) is 31.8. The SMILES string of the molecule is Cc1ccc2c(c1)c(N1C[C@@H](C)n3c(c(CCCOc4cc(C)c(Cl)c(C)c4)c4ccc(Cl)c(-c5c(C)nn(C)c5C)c43)C1=O)c(C(N)=O)n2C. The van der Waals surface area contributed by atoms with Crippen LogP contribution in [0.25, 0.3) is 32.9 Å². The van der Waals surface area contributed by atoms with E-state index in [-0.39, 0.29) is 11.9 Å². The number of carbonyl (C=O) groups excluding carboxylic acids is 2. The molecule has 7 rings (SSSR count). The Labute approximate surface area is 307 Å². The Bertz CT molecular complexity index is 2410. The molecule has 1 aliphatic heterocycles. The molecule has 1 aliphatic rings. The lowest BCUT2D eigenvalue weighted by Gasteiger charge is -2.34. The van der Waals surface area contributed by atoms with E-state index < -0.39 is 5.91 Å². The predicted molar refractivity (Wildman–Crippen MR) is 206 cm³/mol. The van der Waals surface area contributed by atoms with E-state index >= 15 is 4.79 Å². The summed E-state index contributed by atoms with van der Waals surface area (Å²) in [6, 6.07) is 13.6. The molecule has 0 unspecified atom stereocenters. The van der Waals surface area contributed by atoms with Crippen molar-refractivity contribution in [1.29, 1.82) is 0 Å². The average molecular weight is 726 g/mol. The number of halogens is 2. The van der Waals surface area contributed by atoms with Gasteiger partial charge in [0.15, 0.2) is 0 Å². The van der Waals surface area contributed by atoms with Gasteiger partial charge in [-0.2, -0.15) is 5.10 Å². The first-order chi connectivity index (χ1) is 24.2. The molecule has 0 bridgehead atoms. The summed E-state index contributed by atoms with van der Waals surface area (Å²) in [5.41, 5.74) is 16.7. The van der Waals surface area contributed by atoms with Crippen LogP contribution in [-0.2, 0) is 20.5 Å². The fraction of sp³-hybridized carbons (Fsp3) is 0.325. The number of primary amides is 1. The van der Waals surface area contributed by atoms with E-state index in [1.165, 1.54) is 0 Å². The number of aryl methyl sites for hydroxylation is 7. The number of aromatic nitrogens is 4. The van der Waals surface area contributed by atoms with Gasteiger partial charge in [-0.1, -0.05) is 40.9 Å². The molecule has 264 valence electrons. The van der Waals surface area contributed by atoms with E-state index in [0.29, 0.717) is 48.1 Å². The lowest BCUT2D eigenvalue weighted by molar-refractivity contribution is 0.0957. The van der Waals surface area contributed by atoms with Crippen LogP contribution in [0.4, 0.5) is 5.69 Å². The second kappa shape index (κ2) is 12.8. The van der Waals surface area contributed by atoms with Gasteiger partial charge in [-0.3, -0.25) is 14.3 Å². The molecular formula is C40H42Cl2N6O3. The van der Waals surface area contributed by atoms with Gasteiger partial charge in [-0.25, -0.2) is 0 Å². The summed E-state index contributed by atoms with van der Waals surface area (Å²) < 4.78 is 12.0. The van der Waals surface area contributed by atoms with Crippen LogP contribution < -0.4 is 15.4 Å². The van der Waals surface area contributed by atoms with Crippen molar-refractivity contribution in [2.45, 2.75) is 60.4 Å². The molecule has 2 N–H and O–H groups in total. The van der Waals surface area contributed by atoms with Crippen LogP contribution in [0.5, 0.6) is 5.75 Å². The normalized spacial score (nSPS) is 14.6. The molecule has 0 saturated heterocycles. The van der Waals surface area contributed by atoms with E-state index in [2.05, 4.69) is 11.5 Å². The number of carbonyl (C=O) groups is 2. The molecule has 3 aromatic heterocycles. The van der Waals surface area contributed by atoms with Crippen LogP contribution in [0.1, 0.15) is 74.0 Å². The first kappa shape index (κ1) is 34.7. The second-order valence-corrected chi connectivity index (χ2v) is 14.7. The van der Waals surface area contributed by atoms with Gasteiger partial charge in [-0.15, -0.1) is 0 Å². The molecule has 2 amide bonds. The molecule has 51 heavy (non-hydrogen) atoms. The van der Waals surface area contributed by atoms with Gasteiger partial charge >= 0.3 is 0 Å². The average Bonchev–Trinajstić information content (AvgIpc) is 3.65. The third kappa shape index (κ3) is 5.49. The lowest BCUT2D eigenvalue weighted by atomic mass is 9.98. The standard InChI is InChI=1S/C40H42Cl2N6O3/c1-20-11-14-31-29(16-20)36(38(39(43)49)45(31)7)47-19-23(4)48-35-28(12-13-30(41)33(35)32-24(5)44-46(8)25(32)6)27(37(48)40(47)50)10-9-15-51-26-17-21(2)34(42)22(3)18-26/h11-14,16-18,23H,9-10,15,19H2,1-8H3,(H2,43,49)/t23-/m1/s1. The third-order valence-corrected chi connectivity index (χ3v) is 11.3. The highest BCUT2D eigenvalue weighted by Crippen LogP contribution is 2.46. The van der Waals surface area contributed by atoms with E-state index in [9.17, 15) is 4.79 Å². The molecule has 0 spiro atoms. The van der Waals surface area contributed by atoms with Gasteiger partial charge in [0.25, 0.3) is 11.8 Å². The quantitative estimate of drug-likeness (QED) is 0.159. The minimum Gasteiger partial charge on any atom is -0.494 e. The van der Waals surface area contributed by atoms with Crippen molar-refractivity contribution < 1.29 is 14.3 Å². The first-order valence-corrected chi connectivity index (χ1v) is 17.9. The number of nitrogens with two attached hydrogens (primary N) is 1. The highest BCUT2D eigenvalue weighted by Gasteiger charge is 2.39. The molecular weight excluding hydrogens is 683 g/mol. The fourth-order valence-corrected chi connectivity index (χ4v) is 8.37. The first-order valence-electron chi connectivity index (χ1n) is 17.2. The fourth-order valence-electron chi connectivity index (χ4n) is 8.02. The largest absolute Gasteiger partial charge is 0.494 e. The number of nitrogens with zero attached hydrogens (tertiary/aromatic N) is 5. The minimum absolute atomic E-state index is 0.180. The molecule has 0 aliphatic carbocycles. The smallest absolute Gasteiger partial charge is 0.275 e. The zero-order valence-electron chi connectivity index (χ0n) is 30.2. The Morgan fingerprint density at radius 1 is 0.980 bits per heavy atom. The summed E-state index contributed by atoms with van der Waals surface area (Å²) in [6.45, 7) is 12.8. The molecule has 3 aromatic carbocycles.